The number of oxime groups is 1. The van der Waals surface area contributed by atoms with Gasteiger partial charge in [-0.2, -0.15) is 0 Å². The molecule has 1 fully saturated rings. The lowest BCUT2D eigenvalue weighted by molar-refractivity contribution is 0.000283. The van der Waals surface area contributed by atoms with Crippen molar-refractivity contribution in [1.82, 2.24) is 5.32 Å². The normalized spacial score (nSPS) is 26.7. The van der Waals surface area contributed by atoms with Gasteiger partial charge in [-0.1, -0.05) is 44.2 Å². The lowest BCUT2D eigenvalue weighted by atomic mass is 10.1. The van der Waals surface area contributed by atoms with Crippen LogP contribution in [-0.2, 0) is 9.57 Å². The van der Waals surface area contributed by atoms with E-state index in [-0.39, 0.29) is 12.1 Å². The minimum Gasteiger partial charge on any atom is -0.470 e. The number of ether oxygens (including phenoxy) is 1. The highest BCUT2D eigenvalue weighted by Gasteiger charge is 2.27. The van der Waals surface area contributed by atoms with Gasteiger partial charge in [-0.3, -0.25) is 0 Å². The molecule has 0 radical (unpaired) electrons. The van der Waals surface area contributed by atoms with Crippen molar-refractivity contribution in [2.75, 3.05) is 13.2 Å². The van der Waals surface area contributed by atoms with E-state index in [2.05, 4.69) is 17.4 Å². The Hall–Kier alpha value is -0.770. The third-order valence-corrected chi connectivity index (χ3v) is 3.94. The summed E-state index contributed by atoms with van der Waals surface area (Å²) in [6.07, 6.45) is 11.6. The van der Waals surface area contributed by atoms with Crippen LogP contribution in [0.15, 0.2) is 5.16 Å². The molecule has 4 nitrogen and oxygen atoms in total. The molecule has 0 aromatic heterocycles. The molecular weight excluding hydrogens is 240 g/mol. The van der Waals surface area contributed by atoms with Crippen LogP contribution in [0.4, 0.5) is 0 Å². The van der Waals surface area contributed by atoms with E-state index in [1.807, 2.05) is 0 Å². The minimum absolute atomic E-state index is 0.209. The van der Waals surface area contributed by atoms with Crippen molar-refractivity contribution in [3.05, 3.63) is 0 Å². The molecule has 0 spiro atoms. The van der Waals surface area contributed by atoms with Gasteiger partial charge in [0.25, 0.3) is 0 Å². The zero-order valence-corrected chi connectivity index (χ0v) is 12.2. The second-order valence-electron chi connectivity index (χ2n) is 5.67. The van der Waals surface area contributed by atoms with Gasteiger partial charge in [0.15, 0.2) is 6.61 Å². The van der Waals surface area contributed by atoms with Crippen LogP contribution in [0.2, 0.25) is 0 Å². The molecule has 110 valence electrons. The molecule has 2 atom stereocenters. The van der Waals surface area contributed by atoms with E-state index in [4.69, 9.17) is 9.57 Å². The number of unbranched alkanes of at least 4 members (excludes halogenated alkanes) is 5. The van der Waals surface area contributed by atoms with Gasteiger partial charge in [-0.25, -0.2) is 0 Å². The average molecular weight is 268 g/mol. The van der Waals surface area contributed by atoms with Crippen LogP contribution in [0, 0.1) is 0 Å². The zero-order chi connectivity index (χ0) is 13.3. The Labute approximate surface area is 116 Å². The molecule has 0 aromatic carbocycles. The van der Waals surface area contributed by atoms with Gasteiger partial charge < -0.3 is 14.9 Å². The number of hydrogen-bond donors (Lipinski definition) is 1. The maximum Gasteiger partial charge on any atom is 0.243 e. The summed E-state index contributed by atoms with van der Waals surface area (Å²) in [5.41, 5.74) is 0. The first-order valence-electron chi connectivity index (χ1n) is 8.00. The van der Waals surface area contributed by atoms with E-state index in [1.54, 1.807) is 0 Å². The van der Waals surface area contributed by atoms with E-state index in [0.29, 0.717) is 6.61 Å². The third kappa shape index (κ3) is 5.01. The van der Waals surface area contributed by atoms with E-state index >= 15 is 0 Å². The number of nitrogens with one attached hydrogen (secondary N) is 1. The summed E-state index contributed by atoms with van der Waals surface area (Å²) in [4.78, 5) is 5.33. The lowest BCUT2D eigenvalue weighted by Gasteiger charge is -2.25. The van der Waals surface area contributed by atoms with Crippen molar-refractivity contribution in [1.29, 1.82) is 0 Å². The molecule has 2 rings (SSSR count). The molecule has 0 saturated carbocycles. The van der Waals surface area contributed by atoms with E-state index in [9.17, 15) is 0 Å². The number of nitrogens with zero attached hydrogens (tertiary/aromatic N) is 1. The predicted octanol–water partition coefficient (Wildman–Crippen LogP) is 3.22. The van der Waals surface area contributed by atoms with Gasteiger partial charge in [-0.15, -0.1) is 0 Å². The highest BCUT2D eigenvalue weighted by Crippen LogP contribution is 2.17. The van der Waals surface area contributed by atoms with Crippen molar-refractivity contribution in [2.24, 2.45) is 5.16 Å². The second kappa shape index (κ2) is 8.41. The molecule has 4 heteroatoms. The largest absolute Gasteiger partial charge is 0.470 e. The Balaban J connectivity index is 1.59. The summed E-state index contributed by atoms with van der Waals surface area (Å²) in [5, 5.41) is 7.46. The SMILES string of the molecule is CCCCCCCCC1CON=C([C@@H]2CCCN2)O1. The van der Waals surface area contributed by atoms with Crippen molar-refractivity contribution in [3.63, 3.8) is 0 Å². The number of rotatable bonds is 8. The molecule has 1 unspecified atom stereocenters. The fourth-order valence-corrected chi connectivity index (χ4v) is 2.75. The summed E-state index contributed by atoms with van der Waals surface area (Å²) in [7, 11) is 0. The molecule has 1 saturated heterocycles. The quantitative estimate of drug-likeness (QED) is 0.687. The fraction of sp³-hybridized carbons (Fsp3) is 0.933. The highest BCUT2D eigenvalue weighted by atomic mass is 16.7. The molecule has 1 N–H and O–H groups in total. The molecule has 0 aromatic rings. The zero-order valence-electron chi connectivity index (χ0n) is 12.2. The van der Waals surface area contributed by atoms with Gasteiger partial charge in [-0.05, 0) is 32.2 Å². The standard InChI is InChI=1S/C15H28N2O2/c1-2-3-4-5-6-7-9-13-12-18-17-15(19-13)14-10-8-11-16-14/h13-14,16H,2-12H2,1H3/t13?,14-/m0/s1. The van der Waals surface area contributed by atoms with Crippen LogP contribution >= 0.6 is 0 Å². The maximum atomic E-state index is 5.96. The minimum atomic E-state index is 0.209. The van der Waals surface area contributed by atoms with Gasteiger partial charge in [0.1, 0.15) is 6.10 Å². The first-order valence-corrected chi connectivity index (χ1v) is 8.00. The van der Waals surface area contributed by atoms with Crippen LogP contribution in [0.5, 0.6) is 0 Å². The second-order valence-corrected chi connectivity index (χ2v) is 5.67. The van der Waals surface area contributed by atoms with Crippen LogP contribution < -0.4 is 5.32 Å². The van der Waals surface area contributed by atoms with Crippen molar-refractivity contribution in [2.45, 2.75) is 76.9 Å². The Kier molecular flexibility index (Phi) is 6.48. The summed E-state index contributed by atoms with van der Waals surface area (Å²) < 4.78 is 5.96. The molecule has 2 aliphatic heterocycles. The van der Waals surface area contributed by atoms with Crippen LogP contribution in [0.1, 0.15) is 64.7 Å². The van der Waals surface area contributed by atoms with Crippen molar-refractivity contribution >= 4 is 5.90 Å². The van der Waals surface area contributed by atoms with Gasteiger partial charge in [0.05, 0.1) is 6.04 Å². The molecule has 0 amide bonds. The smallest absolute Gasteiger partial charge is 0.243 e. The molecular formula is C15H28N2O2. The summed E-state index contributed by atoms with van der Waals surface area (Å²) >= 11 is 0. The van der Waals surface area contributed by atoms with E-state index < -0.39 is 0 Å². The molecule has 2 aliphatic rings. The highest BCUT2D eigenvalue weighted by molar-refractivity contribution is 5.82. The summed E-state index contributed by atoms with van der Waals surface area (Å²) in [5.74, 6) is 0.778. The Morgan fingerprint density at radius 3 is 2.84 bits per heavy atom. The first kappa shape index (κ1) is 14.6. The summed E-state index contributed by atoms with van der Waals surface area (Å²) in [6, 6.07) is 0.285. The fourth-order valence-electron chi connectivity index (χ4n) is 2.75. The van der Waals surface area contributed by atoms with Crippen LogP contribution in [-0.4, -0.2) is 31.2 Å². The van der Waals surface area contributed by atoms with Crippen molar-refractivity contribution in [3.8, 4) is 0 Å². The van der Waals surface area contributed by atoms with Crippen LogP contribution in [0.25, 0.3) is 0 Å². The lowest BCUT2D eigenvalue weighted by Crippen LogP contribution is -2.39. The number of hydrogen-bond acceptors (Lipinski definition) is 4. The summed E-state index contributed by atoms with van der Waals surface area (Å²) in [6.45, 7) is 3.94. The van der Waals surface area contributed by atoms with Gasteiger partial charge in [0, 0.05) is 0 Å². The van der Waals surface area contributed by atoms with Gasteiger partial charge in [0.2, 0.25) is 5.90 Å². The molecule has 0 bridgehead atoms. The monoisotopic (exact) mass is 268 g/mol. The van der Waals surface area contributed by atoms with Crippen molar-refractivity contribution < 1.29 is 9.57 Å². The predicted molar refractivity (Wildman–Crippen MR) is 77.3 cm³/mol. The molecule has 19 heavy (non-hydrogen) atoms. The third-order valence-electron chi connectivity index (χ3n) is 3.94. The van der Waals surface area contributed by atoms with E-state index in [0.717, 1.165) is 25.3 Å². The van der Waals surface area contributed by atoms with Gasteiger partial charge >= 0.3 is 0 Å². The maximum absolute atomic E-state index is 5.96. The van der Waals surface area contributed by atoms with Crippen LogP contribution in [0.3, 0.4) is 0 Å². The Morgan fingerprint density at radius 2 is 2.05 bits per heavy atom. The molecule has 0 aliphatic carbocycles. The Morgan fingerprint density at radius 1 is 1.21 bits per heavy atom. The first-order chi connectivity index (χ1) is 9.40. The topological polar surface area (TPSA) is 42.8 Å². The Bertz CT molecular complexity index is 275. The molecule has 2 heterocycles. The average Bonchev–Trinajstić information content (AvgIpc) is 2.97. The van der Waals surface area contributed by atoms with E-state index in [1.165, 1.54) is 44.9 Å².